The molecule has 0 aliphatic rings. The second-order valence-electron chi connectivity index (χ2n) is 5.45. The Morgan fingerprint density at radius 1 is 1.12 bits per heavy atom. The number of carbonyl (C=O) groups is 1. The van der Waals surface area contributed by atoms with Crippen molar-refractivity contribution in [3.63, 3.8) is 0 Å². The average molecular weight is 358 g/mol. The van der Waals surface area contributed by atoms with Crippen LogP contribution in [0.5, 0.6) is 0 Å². The van der Waals surface area contributed by atoms with Crippen LogP contribution in [0.4, 0.5) is 0 Å². The second-order valence-corrected chi connectivity index (χ2v) is 5.89. The number of hydrogen-bond acceptors (Lipinski definition) is 4. The van der Waals surface area contributed by atoms with E-state index in [2.05, 4.69) is 10.5 Å². The molecule has 1 N–H and O–H groups in total. The summed E-state index contributed by atoms with van der Waals surface area (Å²) < 4.78 is 5.92. The maximum Gasteiger partial charge on any atom is 0.442 e. The zero-order valence-corrected chi connectivity index (χ0v) is 14.1. The first-order chi connectivity index (χ1) is 12.1. The molecule has 0 bridgehead atoms. The molecule has 2 aromatic carbocycles. The molecule has 3 aromatic rings. The summed E-state index contributed by atoms with van der Waals surface area (Å²) >= 11 is 5.84. The lowest BCUT2D eigenvalue weighted by atomic mass is 10.1. The summed E-state index contributed by atoms with van der Waals surface area (Å²) in [6.07, 6.45) is 0.674. The van der Waals surface area contributed by atoms with Gasteiger partial charge in [-0.2, -0.15) is 0 Å². The standard InChI is InChI=1S/C18H16ClN3O3/c19-15-8-6-13(7-9-15)10-11-20-16(23)12-22-17(21-25-18(22)24)14-4-2-1-3-5-14/h1-9H,10-12H2,(H,20,23). The van der Waals surface area contributed by atoms with Crippen molar-refractivity contribution in [2.45, 2.75) is 13.0 Å². The van der Waals surface area contributed by atoms with Crippen LogP contribution in [0, 0.1) is 0 Å². The molecule has 0 atom stereocenters. The van der Waals surface area contributed by atoms with Gasteiger partial charge >= 0.3 is 5.76 Å². The van der Waals surface area contributed by atoms with E-state index in [1.54, 1.807) is 12.1 Å². The van der Waals surface area contributed by atoms with Gasteiger partial charge in [-0.1, -0.05) is 59.2 Å². The molecule has 0 fully saturated rings. The van der Waals surface area contributed by atoms with Gasteiger partial charge in [-0.3, -0.25) is 9.32 Å². The zero-order chi connectivity index (χ0) is 17.6. The summed E-state index contributed by atoms with van der Waals surface area (Å²) in [5, 5.41) is 7.22. The van der Waals surface area contributed by atoms with Crippen molar-refractivity contribution >= 4 is 17.5 Å². The normalized spacial score (nSPS) is 10.6. The third-order valence-electron chi connectivity index (χ3n) is 3.67. The summed E-state index contributed by atoms with van der Waals surface area (Å²) in [6, 6.07) is 16.5. The van der Waals surface area contributed by atoms with Crippen LogP contribution >= 0.6 is 11.6 Å². The van der Waals surface area contributed by atoms with Crippen LogP contribution in [-0.2, 0) is 17.8 Å². The second kappa shape index (κ2) is 7.81. The Kier molecular flexibility index (Phi) is 5.30. The van der Waals surface area contributed by atoms with E-state index >= 15 is 0 Å². The van der Waals surface area contributed by atoms with E-state index in [0.717, 1.165) is 5.56 Å². The summed E-state index contributed by atoms with van der Waals surface area (Å²) in [6.45, 7) is 0.314. The van der Waals surface area contributed by atoms with Gasteiger partial charge < -0.3 is 5.32 Å². The number of carbonyl (C=O) groups excluding carboxylic acids is 1. The fraction of sp³-hybridized carbons (Fsp3) is 0.167. The lowest BCUT2D eigenvalue weighted by molar-refractivity contribution is -0.121. The molecule has 0 saturated heterocycles. The van der Waals surface area contributed by atoms with Crippen molar-refractivity contribution in [1.82, 2.24) is 15.0 Å². The number of nitrogens with one attached hydrogen (secondary N) is 1. The Morgan fingerprint density at radius 2 is 1.84 bits per heavy atom. The first-order valence-corrected chi connectivity index (χ1v) is 8.14. The Bertz CT molecular complexity index is 901. The van der Waals surface area contributed by atoms with Gasteiger partial charge in [0, 0.05) is 17.1 Å². The lowest BCUT2D eigenvalue weighted by Crippen LogP contribution is -2.32. The van der Waals surface area contributed by atoms with Crippen molar-refractivity contribution in [2.75, 3.05) is 6.54 Å². The predicted octanol–water partition coefficient (Wildman–Crippen LogP) is 2.52. The van der Waals surface area contributed by atoms with Gasteiger partial charge in [0.1, 0.15) is 6.54 Å². The fourth-order valence-electron chi connectivity index (χ4n) is 2.40. The highest BCUT2D eigenvalue weighted by atomic mass is 35.5. The zero-order valence-electron chi connectivity index (χ0n) is 13.3. The molecule has 6 nitrogen and oxygen atoms in total. The van der Waals surface area contributed by atoms with Crippen molar-refractivity contribution < 1.29 is 9.32 Å². The number of rotatable bonds is 6. The van der Waals surface area contributed by atoms with Gasteiger partial charge in [0.2, 0.25) is 5.91 Å². The van der Waals surface area contributed by atoms with Gasteiger partial charge in [0.25, 0.3) is 0 Å². The quantitative estimate of drug-likeness (QED) is 0.735. The van der Waals surface area contributed by atoms with Gasteiger partial charge in [-0.25, -0.2) is 9.36 Å². The molecule has 7 heteroatoms. The molecule has 0 unspecified atom stereocenters. The van der Waals surface area contributed by atoms with Crippen LogP contribution in [0.1, 0.15) is 5.56 Å². The van der Waals surface area contributed by atoms with E-state index in [4.69, 9.17) is 16.1 Å². The third-order valence-corrected chi connectivity index (χ3v) is 3.92. The minimum Gasteiger partial charge on any atom is -0.354 e. The van der Waals surface area contributed by atoms with Gasteiger partial charge in [0.05, 0.1) is 0 Å². The van der Waals surface area contributed by atoms with E-state index < -0.39 is 5.76 Å². The SMILES string of the molecule is O=C(Cn1c(-c2ccccc2)noc1=O)NCCc1ccc(Cl)cc1. The maximum atomic E-state index is 12.1. The molecule has 0 radical (unpaired) electrons. The number of hydrogen-bond donors (Lipinski definition) is 1. The molecule has 0 aliphatic heterocycles. The summed E-state index contributed by atoms with van der Waals surface area (Å²) in [5.41, 5.74) is 1.78. The fourth-order valence-corrected chi connectivity index (χ4v) is 2.53. The van der Waals surface area contributed by atoms with Crippen LogP contribution < -0.4 is 11.1 Å². The van der Waals surface area contributed by atoms with E-state index in [1.165, 1.54) is 4.57 Å². The van der Waals surface area contributed by atoms with Crippen molar-refractivity contribution in [2.24, 2.45) is 0 Å². The summed E-state index contributed by atoms with van der Waals surface area (Å²) in [4.78, 5) is 23.9. The minimum absolute atomic E-state index is 0.146. The molecule has 0 spiro atoms. The van der Waals surface area contributed by atoms with Gasteiger partial charge in [-0.15, -0.1) is 0 Å². The van der Waals surface area contributed by atoms with Crippen LogP contribution in [0.3, 0.4) is 0 Å². The Hall–Kier alpha value is -2.86. The smallest absolute Gasteiger partial charge is 0.354 e. The molecule has 1 heterocycles. The van der Waals surface area contributed by atoms with E-state index in [-0.39, 0.29) is 12.5 Å². The van der Waals surface area contributed by atoms with E-state index in [1.807, 2.05) is 42.5 Å². The summed E-state index contributed by atoms with van der Waals surface area (Å²) in [5.74, 6) is -0.610. The monoisotopic (exact) mass is 357 g/mol. The molecule has 3 rings (SSSR count). The van der Waals surface area contributed by atoms with Crippen LogP contribution in [0.15, 0.2) is 63.9 Å². The first kappa shape index (κ1) is 17.0. The number of halogens is 1. The molecule has 1 aromatic heterocycles. The van der Waals surface area contributed by atoms with Crippen LogP contribution in [0.2, 0.25) is 5.02 Å². The molecule has 0 aliphatic carbocycles. The highest BCUT2D eigenvalue weighted by Crippen LogP contribution is 2.14. The van der Waals surface area contributed by atoms with E-state index in [0.29, 0.717) is 29.4 Å². The largest absolute Gasteiger partial charge is 0.442 e. The molecule has 128 valence electrons. The van der Waals surface area contributed by atoms with Crippen molar-refractivity contribution in [1.29, 1.82) is 0 Å². The van der Waals surface area contributed by atoms with Crippen molar-refractivity contribution in [3.05, 3.63) is 75.7 Å². The highest BCUT2D eigenvalue weighted by Gasteiger charge is 2.15. The van der Waals surface area contributed by atoms with Crippen molar-refractivity contribution in [3.8, 4) is 11.4 Å². The Labute approximate surface area is 149 Å². The van der Waals surface area contributed by atoms with Crippen LogP contribution in [-0.4, -0.2) is 22.2 Å². The number of benzene rings is 2. The Morgan fingerprint density at radius 3 is 2.56 bits per heavy atom. The highest BCUT2D eigenvalue weighted by molar-refractivity contribution is 6.30. The number of aromatic nitrogens is 2. The number of amides is 1. The minimum atomic E-state index is -0.660. The molecular weight excluding hydrogens is 342 g/mol. The first-order valence-electron chi connectivity index (χ1n) is 7.76. The van der Waals surface area contributed by atoms with E-state index in [9.17, 15) is 9.59 Å². The topological polar surface area (TPSA) is 77.1 Å². The Balaban J connectivity index is 1.61. The summed E-state index contributed by atoms with van der Waals surface area (Å²) in [7, 11) is 0. The average Bonchev–Trinajstić information content (AvgIpc) is 2.98. The van der Waals surface area contributed by atoms with Gasteiger partial charge in [0.15, 0.2) is 5.82 Å². The third kappa shape index (κ3) is 4.36. The van der Waals surface area contributed by atoms with Crippen LogP contribution in [0.25, 0.3) is 11.4 Å². The number of nitrogens with zero attached hydrogens (tertiary/aromatic N) is 2. The molecular formula is C18H16ClN3O3. The predicted molar refractivity (Wildman–Crippen MR) is 94.4 cm³/mol. The van der Waals surface area contributed by atoms with Gasteiger partial charge in [-0.05, 0) is 24.1 Å². The molecule has 0 saturated carbocycles. The maximum absolute atomic E-state index is 12.1. The molecule has 1 amide bonds. The lowest BCUT2D eigenvalue weighted by Gasteiger charge is -2.07. The molecule has 25 heavy (non-hydrogen) atoms.